The van der Waals surface area contributed by atoms with Crippen molar-refractivity contribution in [3.63, 3.8) is 0 Å². The molecule has 0 saturated heterocycles. The highest BCUT2D eigenvalue weighted by Crippen LogP contribution is 2.36. The van der Waals surface area contributed by atoms with Gasteiger partial charge in [0.2, 0.25) is 5.89 Å². The van der Waals surface area contributed by atoms with Crippen LogP contribution in [0.5, 0.6) is 0 Å². The Morgan fingerprint density at radius 2 is 1.88 bits per heavy atom. The minimum absolute atomic E-state index is 0.0747. The molecule has 3 rings (SSSR count). The molecule has 0 fully saturated rings. The zero-order valence-electron chi connectivity index (χ0n) is 13.2. The van der Waals surface area contributed by atoms with Crippen molar-refractivity contribution < 1.29 is 13.2 Å². The fourth-order valence-corrected chi connectivity index (χ4v) is 2.22. The third-order valence-electron chi connectivity index (χ3n) is 3.35. The van der Waals surface area contributed by atoms with Gasteiger partial charge < -0.3 is 4.42 Å². The Labute approximate surface area is 136 Å². The molecule has 0 radical (unpaired) electrons. The van der Waals surface area contributed by atoms with Crippen LogP contribution in [-0.4, -0.2) is 20.4 Å². The monoisotopic (exact) mass is 329 g/mol. The number of H-pyrrole nitrogens is 1. The van der Waals surface area contributed by atoms with Crippen molar-refractivity contribution in [3.8, 4) is 28.9 Å². The summed E-state index contributed by atoms with van der Waals surface area (Å²) in [5.74, 6) is -1.37. The minimum Gasteiger partial charge on any atom is -0.440 e. The van der Waals surface area contributed by atoms with Crippen molar-refractivity contribution in [1.29, 1.82) is 5.26 Å². The summed E-state index contributed by atoms with van der Waals surface area (Å²) < 4.78 is 32.4. The second-order valence-corrected chi connectivity index (χ2v) is 6.21. The first-order chi connectivity index (χ1) is 11.3. The zero-order chi connectivity index (χ0) is 17.5. The van der Waals surface area contributed by atoms with E-state index in [1.54, 1.807) is 0 Å². The smallest absolute Gasteiger partial charge is 0.227 e. The van der Waals surface area contributed by atoms with E-state index >= 15 is 0 Å². The van der Waals surface area contributed by atoms with Crippen LogP contribution in [-0.2, 0) is 5.41 Å². The standard InChI is InChI=1S/C16H13F2N5O/c1-16(2,3)14-13(12-11(7-19)21-23-22-12)20-15(24-14)8-4-5-9(17)10(18)6-8/h4-6H,1-3H3,(H,21,22,23). The van der Waals surface area contributed by atoms with E-state index in [2.05, 4.69) is 20.4 Å². The maximum absolute atomic E-state index is 13.5. The number of aromatic amines is 1. The number of rotatable bonds is 2. The SMILES string of the molecule is CC(C)(C)c1oc(-c2ccc(F)c(F)c2)nc1-c1n[nH]nc1C#N. The molecule has 2 heterocycles. The lowest BCUT2D eigenvalue weighted by molar-refractivity contribution is 0.416. The van der Waals surface area contributed by atoms with E-state index in [4.69, 9.17) is 9.68 Å². The Balaban J connectivity index is 2.21. The van der Waals surface area contributed by atoms with Crippen LogP contribution in [0.25, 0.3) is 22.8 Å². The number of nitrogens with one attached hydrogen (secondary N) is 1. The Kier molecular flexibility index (Phi) is 3.64. The summed E-state index contributed by atoms with van der Waals surface area (Å²) in [6.45, 7) is 5.70. The number of aromatic nitrogens is 4. The lowest BCUT2D eigenvalue weighted by Gasteiger charge is -2.15. The molecular weight excluding hydrogens is 316 g/mol. The molecule has 0 aliphatic carbocycles. The molecule has 0 aliphatic heterocycles. The Bertz CT molecular complexity index is 946. The van der Waals surface area contributed by atoms with Crippen LogP contribution < -0.4 is 0 Å². The molecule has 0 spiro atoms. The summed E-state index contributed by atoms with van der Waals surface area (Å²) in [5.41, 5.74) is 0.496. The lowest BCUT2D eigenvalue weighted by atomic mass is 9.91. The van der Waals surface area contributed by atoms with Gasteiger partial charge in [0.15, 0.2) is 23.0 Å². The molecule has 6 nitrogen and oxygen atoms in total. The molecule has 2 aromatic heterocycles. The van der Waals surface area contributed by atoms with E-state index in [0.717, 1.165) is 12.1 Å². The number of nitrogens with zero attached hydrogens (tertiary/aromatic N) is 4. The average molecular weight is 329 g/mol. The molecule has 0 atom stereocenters. The largest absolute Gasteiger partial charge is 0.440 e. The first-order valence-electron chi connectivity index (χ1n) is 7.09. The highest BCUT2D eigenvalue weighted by atomic mass is 19.2. The summed E-state index contributed by atoms with van der Waals surface area (Å²) in [6, 6.07) is 5.30. The van der Waals surface area contributed by atoms with Crippen molar-refractivity contribution in [1.82, 2.24) is 20.4 Å². The quantitative estimate of drug-likeness (QED) is 0.776. The maximum Gasteiger partial charge on any atom is 0.227 e. The van der Waals surface area contributed by atoms with Gasteiger partial charge in [-0.15, -0.1) is 5.10 Å². The number of hydrogen-bond acceptors (Lipinski definition) is 5. The number of oxazole rings is 1. The molecule has 0 aliphatic rings. The molecule has 1 aromatic carbocycles. The summed E-state index contributed by atoms with van der Waals surface area (Å²) >= 11 is 0. The highest BCUT2D eigenvalue weighted by Gasteiger charge is 2.29. The van der Waals surface area contributed by atoms with Crippen LogP contribution in [0.2, 0.25) is 0 Å². The van der Waals surface area contributed by atoms with Crippen LogP contribution in [0.1, 0.15) is 32.2 Å². The Morgan fingerprint density at radius 3 is 2.50 bits per heavy atom. The summed E-state index contributed by atoms with van der Waals surface area (Å²) in [5, 5.41) is 19.2. The third kappa shape index (κ3) is 2.65. The van der Waals surface area contributed by atoms with Gasteiger partial charge in [0.25, 0.3) is 0 Å². The molecule has 8 heteroatoms. The van der Waals surface area contributed by atoms with Gasteiger partial charge in [0, 0.05) is 11.0 Å². The molecule has 0 unspecified atom stereocenters. The lowest BCUT2D eigenvalue weighted by Crippen LogP contribution is -2.11. The summed E-state index contributed by atoms with van der Waals surface area (Å²) in [7, 11) is 0. The fourth-order valence-electron chi connectivity index (χ4n) is 2.22. The van der Waals surface area contributed by atoms with E-state index in [9.17, 15) is 8.78 Å². The molecule has 24 heavy (non-hydrogen) atoms. The van der Waals surface area contributed by atoms with E-state index < -0.39 is 17.0 Å². The average Bonchev–Trinajstić information content (AvgIpc) is 3.14. The van der Waals surface area contributed by atoms with Crippen molar-refractivity contribution in [3.05, 3.63) is 41.3 Å². The number of halogens is 2. The Morgan fingerprint density at radius 1 is 1.12 bits per heavy atom. The van der Waals surface area contributed by atoms with Gasteiger partial charge in [-0.1, -0.05) is 20.8 Å². The van der Waals surface area contributed by atoms with Crippen LogP contribution in [0.4, 0.5) is 8.78 Å². The van der Waals surface area contributed by atoms with Crippen LogP contribution in [0.15, 0.2) is 22.6 Å². The molecule has 0 amide bonds. The van der Waals surface area contributed by atoms with E-state index in [1.165, 1.54) is 6.07 Å². The molecule has 0 bridgehead atoms. The fraction of sp³-hybridized carbons (Fsp3) is 0.250. The second-order valence-electron chi connectivity index (χ2n) is 6.21. The van der Waals surface area contributed by atoms with Crippen molar-refractivity contribution in [2.75, 3.05) is 0 Å². The van der Waals surface area contributed by atoms with E-state index in [1.807, 2.05) is 26.8 Å². The summed E-state index contributed by atoms with van der Waals surface area (Å²) in [4.78, 5) is 4.34. The number of hydrogen-bond donors (Lipinski definition) is 1. The van der Waals surface area contributed by atoms with Gasteiger partial charge in [-0.3, -0.25) is 0 Å². The Hall–Kier alpha value is -3.08. The summed E-state index contributed by atoms with van der Waals surface area (Å²) in [6.07, 6.45) is 0. The molecule has 122 valence electrons. The van der Waals surface area contributed by atoms with Gasteiger partial charge in [-0.05, 0) is 18.2 Å². The van der Waals surface area contributed by atoms with Gasteiger partial charge in [0.05, 0.1) is 0 Å². The first-order valence-corrected chi connectivity index (χ1v) is 7.09. The third-order valence-corrected chi connectivity index (χ3v) is 3.35. The van der Waals surface area contributed by atoms with Gasteiger partial charge in [-0.2, -0.15) is 15.6 Å². The number of nitriles is 1. The molecule has 3 aromatic rings. The molecule has 0 saturated carbocycles. The van der Waals surface area contributed by atoms with Gasteiger partial charge >= 0.3 is 0 Å². The van der Waals surface area contributed by atoms with E-state index in [-0.39, 0.29) is 22.8 Å². The number of benzene rings is 1. The predicted molar refractivity (Wildman–Crippen MR) is 80.6 cm³/mol. The van der Waals surface area contributed by atoms with Crippen molar-refractivity contribution >= 4 is 0 Å². The van der Waals surface area contributed by atoms with Crippen molar-refractivity contribution in [2.24, 2.45) is 0 Å². The van der Waals surface area contributed by atoms with Crippen molar-refractivity contribution in [2.45, 2.75) is 26.2 Å². The minimum atomic E-state index is -0.997. The maximum atomic E-state index is 13.5. The van der Waals surface area contributed by atoms with E-state index in [0.29, 0.717) is 11.5 Å². The predicted octanol–water partition coefficient (Wildman–Crippen LogP) is 3.57. The molecule has 1 N–H and O–H groups in total. The van der Waals surface area contributed by atoms with Gasteiger partial charge in [0.1, 0.15) is 17.5 Å². The van der Waals surface area contributed by atoms with Crippen LogP contribution >= 0.6 is 0 Å². The zero-order valence-corrected chi connectivity index (χ0v) is 13.2. The highest BCUT2D eigenvalue weighted by molar-refractivity contribution is 5.67. The van der Waals surface area contributed by atoms with Crippen LogP contribution in [0, 0.1) is 23.0 Å². The van der Waals surface area contributed by atoms with Gasteiger partial charge in [-0.25, -0.2) is 13.8 Å². The normalized spacial score (nSPS) is 11.5. The second kappa shape index (κ2) is 5.53. The van der Waals surface area contributed by atoms with Crippen LogP contribution in [0.3, 0.4) is 0 Å². The topological polar surface area (TPSA) is 91.4 Å². The molecular formula is C16H13F2N5O. The first kappa shape index (κ1) is 15.8.